The van der Waals surface area contributed by atoms with Crippen molar-refractivity contribution in [3.8, 4) is 0 Å². The van der Waals surface area contributed by atoms with Crippen molar-refractivity contribution in [2.75, 3.05) is 26.2 Å². The SMILES string of the molecule is CCNC(CN1CCCC(C)CC1)c1ccc(C)cc1. The van der Waals surface area contributed by atoms with E-state index < -0.39 is 0 Å². The van der Waals surface area contributed by atoms with Gasteiger partial charge < -0.3 is 10.2 Å². The van der Waals surface area contributed by atoms with Gasteiger partial charge in [-0.3, -0.25) is 0 Å². The monoisotopic (exact) mass is 274 g/mol. The first kappa shape index (κ1) is 15.5. The second-order valence-corrected chi connectivity index (χ2v) is 6.36. The summed E-state index contributed by atoms with van der Waals surface area (Å²) in [5.74, 6) is 0.900. The normalized spacial score (nSPS) is 22.4. The summed E-state index contributed by atoms with van der Waals surface area (Å²) >= 11 is 0. The molecule has 2 nitrogen and oxygen atoms in total. The lowest BCUT2D eigenvalue weighted by molar-refractivity contribution is 0.250. The van der Waals surface area contributed by atoms with Crippen molar-refractivity contribution in [1.82, 2.24) is 10.2 Å². The first-order chi connectivity index (χ1) is 9.69. The van der Waals surface area contributed by atoms with Crippen LogP contribution >= 0.6 is 0 Å². The minimum absolute atomic E-state index is 0.467. The molecular weight excluding hydrogens is 244 g/mol. The Morgan fingerprint density at radius 3 is 2.65 bits per heavy atom. The molecule has 0 amide bonds. The molecule has 2 heteroatoms. The molecule has 1 aliphatic heterocycles. The molecule has 0 saturated carbocycles. The minimum Gasteiger partial charge on any atom is -0.309 e. The van der Waals surface area contributed by atoms with Crippen LogP contribution < -0.4 is 5.32 Å². The van der Waals surface area contributed by atoms with E-state index in [0.29, 0.717) is 6.04 Å². The third kappa shape index (κ3) is 4.60. The van der Waals surface area contributed by atoms with Gasteiger partial charge in [0.1, 0.15) is 0 Å². The molecule has 2 atom stereocenters. The van der Waals surface area contributed by atoms with Gasteiger partial charge in [-0.1, -0.05) is 43.7 Å². The summed E-state index contributed by atoms with van der Waals surface area (Å²) in [5.41, 5.74) is 2.77. The average molecular weight is 274 g/mol. The molecule has 1 fully saturated rings. The zero-order valence-electron chi connectivity index (χ0n) is 13.4. The highest BCUT2D eigenvalue weighted by atomic mass is 15.1. The van der Waals surface area contributed by atoms with Crippen LogP contribution in [0, 0.1) is 12.8 Å². The number of aryl methyl sites for hydroxylation is 1. The van der Waals surface area contributed by atoms with Crippen LogP contribution in [-0.2, 0) is 0 Å². The summed E-state index contributed by atoms with van der Waals surface area (Å²) in [6.07, 6.45) is 4.10. The third-order valence-electron chi connectivity index (χ3n) is 4.48. The molecule has 1 heterocycles. The maximum Gasteiger partial charge on any atom is 0.0449 e. The smallest absolute Gasteiger partial charge is 0.0449 e. The van der Waals surface area contributed by atoms with Crippen molar-refractivity contribution in [1.29, 1.82) is 0 Å². The average Bonchev–Trinajstić information content (AvgIpc) is 2.64. The fourth-order valence-electron chi connectivity index (χ4n) is 3.10. The number of rotatable bonds is 5. The van der Waals surface area contributed by atoms with Gasteiger partial charge in [-0.2, -0.15) is 0 Å². The molecule has 1 aliphatic rings. The van der Waals surface area contributed by atoms with Gasteiger partial charge >= 0.3 is 0 Å². The quantitative estimate of drug-likeness (QED) is 0.879. The van der Waals surface area contributed by atoms with E-state index in [9.17, 15) is 0 Å². The summed E-state index contributed by atoms with van der Waals surface area (Å²) in [6.45, 7) is 11.4. The first-order valence-corrected chi connectivity index (χ1v) is 8.21. The van der Waals surface area contributed by atoms with E-state index in [2.05, 4.69) is 55.3 Å². The maximum absolute atomic E-state index is 3.66. The lowest BCUT2D eigenvalue weighted by Crippen LogP contribution is -2.36. The van der Waals surface area contributed by atoms with Crippen molar-refractivity contribution in [2.24, 2.45) is 5.92 Å². The predicted molar refractivity (Wildman–Crippen MR) is 87.1 cm³/mol. The Morgan fingerprint density at radius 2 is 1.95 bits per heavy atom. The Bertz CT molecular complexity index is 385. The molecule has 2 rings (SSSR count). The van der Waals surface area contributed by atoms with Gasteiger partial charge in [0.05, 0.1) is 0 Å². The van der Waals surface area contributed by atoms with E-state index in [4.69, 9.17) is 0 Å². The number of hydrogen-bond donors (Lipinski definition) is 1. The largest absolute Gasteiger partial charge is 0.309 e. The van der Waals surface area contributed by atoms with E-state index in [1.165, 1.54) is 43.5 Å². The summed E-state index contributed by atoms with van der Waals surface area (Å²) in [4.78, 5) is 2.65. The molecule has 0 radical (unpaired) electrons. The molecule has 1 aromatic carbocycles. The molecule has 112 valence electrons. The molecular formula is C18H30N2. The van der Waals surface area contributed by atoms with Crippen LogP contribution in [0.25, 0.3) is 0 Å². The summed E-state index contributed by atoms with van der Waals surface area (Å²) in [5, 5.41) is 3.66. The lowest BCUT2D eigenvalue weighted by Gasteiger charge is -2.27. The van der Waals surface area contributed by atoms with Crippen LogP contribution in [0.2, 0.25) is 0 Å². The highest BCUT2D eigenvalue weighted by molar-refractivity contribution is 5.24. The second kappa shape index (κ2) is 7.80. The molecule has 20 heavy (non-hydrogen) atoms. The standard InChI is InChI=1S/C18H30N2/c1-4-19-18(17-9-7-16(3)8-10-17)14-20-12-5-6-15(2)11-13-20/h7-10,15,18-19H,4-6,11-14H2,1-3H3. The number of likely N-dealkylation sites (N-methyl/N-ethyl adjacent to an activating group) is 1. The van der Waals surface area contributed by atoms with Gasteiger partial charge in [0.2, 0.25) is 0 Å². The second-order valence-electron chi connectivity index (χ2n) is 6.36. The van der Waals surface area contributed by atoms with Crippen molar-refractivity contribution in [3.63, 3.8) is 0 Å². The molecule has 2 unspecified atom stereocenters. The Labute approximate surface area is 124 Å². The Morgan fingerprint density at radius 1 is 1.20 bits per heavy atom. The van der Waals surface area contributed by atoms with Crippen LogP contribution in [0.3, 0.4) is 0 Å². The van der Waals surface area contributed by atoms with Gasteiger partial charge in [0.15, 0.2) is 0 Å². The van der Waals surface area contributed by atoms with Crippen LogP contribution in [-0.4, -0.2) is 31.1 Å². The van der Waals surface area contributed by atoms with E-state index in [0.717, 1.165) is 19.0 Å². The van der Waals surface area contributed by atoms with Gasteiger partial charge in [0, 0.05) is 12.6 Å². The fraction of sp³-hybridized carbons (Fsp3) is 0.667. The van der Waals surface area contributed by atoms with Crippen LogP contribution in [0.1, 0.15) is 50.3 Å². The van der Waals surface area contributed by atoms with E-state index in [-0.39, 0.29) is 0 Å². The third-order valence-corrected chi connectivity index (χ3v) is 4.48. The predicted octanol–water partition coefficient (Wildman–Crippen LogP) is 3.77. The summed E-state index contributed by atoms with van der Waals surface area (Å²) in [7, 11) is 0. The molecule has 1 saturated heterocycles. The molecule has 0 aromatic heterocycles. The van der Waals surface area contributed by atoms with Crippen molar-refractivity contribution < 1.29 is 0 Å². The van der Waals surface area contributed by atoms with E-state index in [1.54, 1.807) is 0 Å². The molecule has 0 bridgehead atoms. The van der Waals surface area contributed by atoms with Gasteiger partial charge in [-0.05, 0) is 57.3 Å². The van der Waals surface area contributed by atoms with E-state index in [1.807, 2.05) is 0 Å². The van der Waals surface area contributed by atoms with Crippen molar-refractivity contribution >= 4 is 0 Å². The zero-order valence-corrected chi connectivity index (χ0v) is 13.4. The molecule has 0 spiro atoms. The highest BCUT2D eigenvalue weighted by Gasteiger charge is 2.18. The van der Waals surface area contributed by atoms with Crippen LogP contribution in [0.5, 0.6) is 0 Å². The molecule has 1 aromatic rings. The maximum atomic E-state index is 3.66. The van der Waals surface area contributed by atoms with Crippen molar-refractivity contribution in [2.45, 2.75) is 46.1 Å². The Hall–Kier alpha value is -0.860. The number of benzene rings is 1. The minimum atomic E-state index is 0.467. The van der Waals surface area contributed by atoms with Crippen molar-refractivity contribution in [3.05, 3.63) is 35.4 Å². The fourth-order valence-corrected chi connectivity index (χ4v) is 3.10. The number of likely N-dealkylation sites (tertiary alicyclic amines) is 1. The Kier molecular flexibility index (Phi) is 6.06. The number of nitrogens with one attached hydrogen (secondary N) is 1. The lowest BCUT2D eigenvalue weighted by atomic mass is 10.0. The summed E-state index contributed by atoms with van der Waals surface area (Å²) < 4.78 is 0. The summed E-state index contributed by atoms with van der Waals surface area (Å²) in [6, 6.07) is 9.48. The highest BCUT2D eigenvalue weighted by Crippen LogP contribution is 2.20. The van der Waals surface area contributed by atoms with Gasteiger partial charge in [0.25, 0.3) is 0 Å². The van der Waals surface area contributed by atoms with Gasteiger partial charge in [-0.25, -0.2) is 0 Å². The van der Waals surface area contributed by atoms with Crippen LogP contribution in [0.15, 0.2) is 24.3 Å². The number of hydrogen-bond acceptors (Lipinski definition) is 2. The molecule has 0 aliphatic carbocycles. The number of nitrogens with zero attached hydrogens (tertiary/aromatic N) is 1. The van der Waals surface area contributed by atoms with Crippen LogP contribution in [0.4, 0.5) is 0 Å². The molecule has 1 N–H and O–H groups in total. The first-order valence-electron chi connectivity index (χ1n) is 8.21. The zero-order chi connectivity index (χ0) is 14.4. The topological polar surface area (TPSA) is 15.3 Å². The van der Waals surface area contributed by atoms with Gasteiger partial charge in [-0.15, -0.1) is 0 Å². The van der Waals surface area contributed by atoms with E-state index >= 15 is 0 Å². The Balaban J connectivity index is 1.99.